The van der Waals surface area contributed by atoms with Crippen LogP contribution in [-0.4, -0.2) is 11.5 Å². The van der Waals surface area contributed by atoms with Gasteiger partial charge in [-0.2, -0.15) is 0 Å². The Balaban J connectivity index is 2.95. The summed E-state index contributed by atoms with van der Waals surface area (Å²) in [5.41, 5.74) is 7.36. The van der Waals surface area contributed by atoms with Crippen molar-refractivity contribution >= 4 is 11.8 Å². The molecule has 0 radical (unpaired) electrons. The zero-order valence-corrected chi connectivity index (χ0v) is 8.64. The molecule has 4 nitrogen and oxygen atoms in total. The van der Waals surface area contributed by atoms with E-state index in [1.54, 1.807) is 12.1 Å². The molecule has 0 saturated heterocycles. The van der Waals surface area contributed by atoms with Crippen LogP contribution in [0.25, 0.3) is 6.08 Å². The molecular weight excluding hydrogens is 192 g/mol. The molecule has 4 heteroatoms. The molecule has 0 bridgehead atoms. The number of aryl methyl sites for hydroxylation is 1. The molecule has 1 rings (SSSR count). The third-order valence-electron chi connectivity index (χ3n) is 2.10. The summed E-state index contributed by atoms with van der Waals surface area (Å²) in [7, 11) is 0. The minimum atomic E-state index is -0.389. The summed E-state index contributed by atoms with van der Waals surface area (Å²) in [4.78, 5) is 10.2. The van der Waals surface area contributed by atoms with E-state index >= 15 is 0 Å². The van der Waals surface area contributed by atoms with Crippen molar-refractivity contribution in [2.24, 2.45) is 5.73 Å². The number of rotatable bonds is 4. The van der Waals surface area contributed by atoms with E-state index < -0.39 is 0 Å². The van der Waals surface area contributed by atoms with Gasteiger partial charge in [-0.3, -0.25) is 10.1 Å². The molecule has 0 unspecified atom stereocenters. The number of non-ortho nitro benzene ring substituents is 1. The molecule has 0 saturated carbocycles. The number of nitro groups is 1. The first-order valence-electron chi connectivity index (χ1n) is 4.77. The molecule has 0 aliphatic rings. The maximum atomic E-state index is 10.6. The molecule has 2 N–H and O–H groups in total. The topological polar surface area (TPSA) is 69.2 Å². The maximum absolute atomic E-state index is 10.6. The summed E-state index contributed by atoms with van der Waals surface area (Å²) >= 11 is 0. The van der Waals surface area contributed by atoms with Crippen LogP contribution in [0.1, 0.15) is 17.5 Å². The second kappa shape index (κ2) is 5.26. The minimum absolute atomic E-state index is 0.119. The fourth-order valence-corrected chi connectivity index (χ4v) is 1.23. The highest BCUT2D eigenvalue weighted by atomic mass is 16.6. The average molecular weight is 206 g/mol. The van der Waals surface area contributed by atoms with Gasteiger partial charge in [-0.1, -0.05) is 18.2 Å². The van der Waals surface area contributed by atoms with E-state index in [4.69, 9.17) is 5.73 Å². The lowest BCUT2D eigenvalue weighted by Gasteiger charge is -1.99. The van der Waals surface area contributed by atoms with Crippen molar-refractivity contribution in [3.05, 3.63) is 45.5 Å². The summed E-state index contributed by atoms with van der Waals surface area (Å²) < 4.78 is 0. The lowest BCUT2D eigenvalue weighted by Crippen LogP contribution is -1.95. The van der Waals surface area contributed by atoms with Crippen LogP contribution in [0.15, 0.2) is 24.3 Å². The molecule has 15 heavy (non-hydrogen) atoms. The Morgan fingerprint density at radius 2 is 2.27 bits per heavy atom. The van der Waals surface area contributed by atoms with Crippen molar-refractivity contribution in [3.8, 4) is 0 Å². The number of nitro benzene ring substituents is 1. The zero-order chi connectivity index (χ0) is 11.3. The molecule has 0 amide bonds. The number of nitrogens with zero attached hydrogens (tertiary/aromatic N) is 1. The van der Waals surface area contributed by atoms with Crippen molar-refractivity contribution in [2.45, 2.75) is 13.3 Å². The Bertz CT molecular complexity index is 386. The highest BCUT2D eigenvalue weighted by Crippen LogP contribution is 2.18. The summed E-state index contributed by atoms with van der Waals surface area (Å²) in [5.74, 6) is 0. The molecule has 0 spiro atoms. The molecule has 0 fully saturated rings. The van der Waals surface area contributed by atoms with Crippen molar-refractivity contribution < 1.29 is 4.92 Å². The molecule has 0 atom stereocenters. The van der Waals surface area contributed by atoms with Crippen LogP contribution in [0.4, 0.5) is 5.69 Å². The van der Waals surface area contributed by atoms with Crippen molar-refractivity contribution in [1.82, 2.24) is 0 Å². The number of hydrogen-bond acceptors (Lipinski definition) is 3. The Morgan fingerprint density at radius 1 is 1.53 bits per heavy atom. The van der Waals surface area contributed by atoms with Gasteiger partial charge in [-0.05, 0) is 31.0 Å². The summed E-state index contributed by atoms with van der Waals surface area (Å²) in [6.45, 7) is 2.51. The van der Waals surface area contributed by atoms with Crippen molar-refractivity contribution in [2.75, 3.05) is 6.54 Å². The van der Waals surface area contributed by atoms with E-state index in [2.05, 4.69) is 0 Å². The maximum Gasteiger partial charge on any atom is 0.270 e. The lowest BCUT2D eigenvalue weighted by atomic mass is 10.1. The number of benzene rings is 1. The predicted molar refractivity (Wildman–Crippen MR) is 60.5 cm³/mol. The molecular formula is C11H14N2O2. The van der Waals surface area contributed by atoms with Gasteiger partial charge < -0.3 is 5.73 Å². The molecule has 0 heterocycles. The predicted octanol–water partition coefficient (Wildman–Crippen LogP) is 2.27. The first-order valence-corrected chi connectivity index (χ1v) is 4.77. The van der Waals surface area contributed by atoms with Gasteiger partial charge in [0.05, 0.1) is 4.92 Å². The van der Waals surface area contributed by atoms with E-state index in [0.717, 1.165) is 17.5 Å². The van der Waals surface area contributed by atoms with E-state index in [9.17, 15) is 10.1 Å². The fourth-order valence-electron chi connectivity index (χ4n) is 1.23. The van der Waals surface area contributed by atoms with Crippen LogP contribution in [-0.2, 0) is 0 Å². The van der Waals surface area contributed by atoms with Crippen molar-refractivity contribution in [3.63, 3.8) is 0 Å². The van der Waals surface area contributed by atoms with Gasteiger partial charge in [0.2, 0.25) is 0 Å². The van der Waals surface area contributed by atoms with E-state index in [1.165, 1.54) is 6.07 Å². The number of nitrogens with two attached hydrogens (primary N) is 1. The van der Waals surface area contributed by atoms with E-state index in [0.29, 0.717) is 6.54 Å². The molecule has 0 aromatic heterocycles. The molecule has 0 aliphatic carbocycles. The first-order chi connectivity index (χ1) is 7.15. The van der Waals surface area contributed by atoms with Crippen LogP contribution < -0.4 is 5.73 Å². The molecule has 1 aromatic rings. The van der Waals surface area contributed by atoms with Crippen LogP contribution in [0.2, 0.25) is 0 Å². The Labute approximate surface area is 88.6 Å². The Hall–Kier alpha value is -1.68. The monoisotopic (exact) mass is 206 g/mol. The van der Waals surface area contributed by atoms with Crippen molar-refractivity contribution in [1.29, 1.82) is 0 Å². The zero-order valence-electron chi connectivity index (χ0n) is 8.64. The Kier molecular flexibility index (Phi) is 4.00. The van der Waals surface area contributed by atoms with Crippen LogP contribution in [0.5, 0.6) is 0 Å². The normalized spacial score (nSPS) is 10.8. The van der Waals surface area contributed by atoms with Gasteiger partial charge in [0, 0.05) is 12.1 Å². The summed E-state index contributed by atoms with van der Waals surface area (Å²) in [5, 5.41) is 10.6. The van der Waals surface area contributed by atoms with Gasteiger partial charge in [-0.15, -0.1) is 0 Å². The van der Waals surface area contributed by atoms with Crippen LogP contribution in [0, 0.1) is 17.0 Å². The minimum Gasteiger partial charge on any atom is -0.330 e. The van der Waals surface area contributed by atoms with Crippen LogP contribution in [0.3, 0.4) is 0 Å². The standard InChI is InChI=1S/C11H14N2O2/c1-9-5-6-11(13(14)15)8-10(9)4-2-3-7-12/h2,4-6,8H,3,7,12H2,1H3. The van der Waals surface area contributed by atoms with Gasteiger partial charge in [0.25, 0.3) is 5.69 Å². The SMILES string of the molecule is Cc1ccc([N+](=O)[O-])cc1C=CCCN. The first kappa shape index (κ1) is 11.4. The second-order valence-corrected chi connectivity index (χ2v) is 3.28. The second-order valence-electron chi connectivity index (χ2n) is 3.28. The highest BCUT2D eigenvalue weighted by molar-refractivity contribution is 5.57. The smallest absolute Gasteiger partial charge is 0.270 e. The highest BCUT2D eigenvalue weighted by Gasteiger charge is 2.06. The molecule has 1 aromatic carbocycles. The third kappa shape index (κ3) is 3.18. The fraction of sp³-hybridized carbons (Fsp3) is 0.273. The van der Waals surface area contributed by atoms with Gasteiger partial charge in [-0.25, -0.2) is 0 Å². The quantitative estimate of drug-likeness (QED) is 0.606. The average Bonchev–Trinajstić information content (AvgIpc) is 2.20. The third-order valence-corrected chi connectivity index (χ3v) is 2.10. The number of hydrogen-bond donors (Lipinski definition) is 1. The summed E-state index contributed by atoms with van der Waals surface area (Å²) in [6.07, 6.45) is 4.57. The van der Waals surface area contributed by atoms with E-state index in [1.807, 2.05) is 19.1 Å². The van der Waals surface area contributed by atoms with Crippen LogP contribution >= 0.6 is 0 Å². The van der Waals surface area contributed by atoms with Gasteiger partial charge in [0.1, 0.15) is 0 Å². The Morgan fingerprint density at radius 3 is 2.87 bits per heavy atom. The summed E-state index contributed by atoms with van der Waals surface area (Å²) in [6, 6.07) is 4.83. The lowest BCUT2D eigenvalue weighted by molar-refractivity contribution is -0.384. The van der Waals surface area contributed by atoms with Gasteiger partial charge >= 0.3 is 0 Å². The largest absolute Gasteiger partial charge is 0.330 e. The van der Waals surface area contributed by atoms with Gasteiger partial charge in [0.15, 0.2) is 0 Å². The van der Waals surface area contributed by atoms with E-state index in [-0.39, 0.29) is 10.6 Å². The molecule has 80 valence electrons. The molecule has 0 aliphatic heterocycles.